The lowest BCUT2D eigenvalue weighted by Crippen LogP contribution is -2.32. The van der Waals surface area contributed by atoms with Gasteiger partial charge in [0.25, 0.3) is 0 Å². The van der Waals surface area contributed by atoms with E-state index in [1.54, 1.807) is 6.92 Å². The highest BCUT2D eigenvalue weighted by molar-refractivity contribution is 9.10. The molecule has 1 aromatic rings. The molecule has 88 valence electrons. The van der Waals surface area contributed by atoms with Gasteiger partial charge in [-0.1, -0.05) is 28.1 Å². The molecule has 0 aliphatic heterocycles. The fourth-order valence-corrected chi connectivity index (χ4v) is 1.60. The number of carbonyl (C=O) groups is 1. The van der Waals surface area contributed by atoms with Crippen molar-refractivity contribution in [1.29, 1.82) is 0 Å². The molecule has 0 spiro atoms. The molecule has 0 saturated carbocycles. The minimum absolute atomic E-state index is 0.320. The zero-order valence-corrected chi connectivity index (χ0v) is 10.9. The first-order valence-electron chi connectivity index (χ1n) is 5.30. The van der Waals surface area contributed by atoms with Gasteiger partial charge in [0.15, 0.2) is 0 Å². The molecular formula is C12H16BrNO2. The van der Waals surface area contributed by atoms with E-state index in [1.165, 1.54) is 5.56 Å². The van der Waals surface area contributed by atoms with Crippen molar-refractivity contribution in [3.63, 3.8) is 0 Å². The first kappa shape index (κ1) is 13.2. The van der Waals surface area contributed by atoms with Crippen LogP contribution >= 0.6 is 15.9 Å². The Balaban J connectivity index is 2.39. The molecule has 3 nitrogen and oxygen atoms in total. The van der Waals surface area contributed by atoms with Gasteiger partial charge in [-0.15, -0.1) is 0 Å². The van der Waals surface area contributed by atoms with Gasteiger partial charge in [-0.25, -0.2) is 0 Å². The van der Waals surface area contributed by atoms with Gasteiger partial charge in [0.1, 0.15) is 6.04 Å². The van der Waals surface area contributed by atoms with Crippen molar-refractivity contribution in [3.8, 4) is 0 Å². The maximum absolute atomic E-state index is 11.3. The van der Waals surface area contributed by atoms with Gasteiger partial charge < -0.3 is 10.5 Å². The summed E-state index contributed by atoms with van der Waals surface area (Å²) in [6.45, 7) is 2.16. The predicted octanol–water partition coefficient (Wildman–Crippen LogP) is 2.27. The number of aryl methyl sites for hydroxylation is 1. The molecule has 0 radical (unpaired) electrons. The lowest BCUT2D eigenvalue weighted by atomic mass is 10.1. The molecule has 4 heteroatoms. The van der Waals surface area contributed by atoms with E-state index in [9.17, 15) is 4.79 Å². The van der Waals surface area contributed by atoms with Gasteiger partial charge >= 0.3 is 5.97 Å². The van der Waals surface area contributed by atoms with Crippen molar-refractivity contribution in [1.82, 2.24) is 0 Å². The zero-order chi connectivity index (χ0) is 12.0. The number of hydrogen-bond donors (Lipinski definition) is 1. The molecule has 0 amide bonds. The van der Waals surface area contributed by atoms with Gasteiger partial charge in [-0.2, -0.15) is 0 Å². The van der Waals surface area contributed by atoms with Crippen LogP contribution in [-0.2, 0) is 16.0 Å². The molecule has 0 heterocycles. The van der Waals surface area contributed by atoms with Crippen molar-refractivity contribution in [3.05, 3.63) is 34.3 Å². The lowest BCUT2D eigenvalue weighted by Gasteiger charge is -2.10. The second-order valence-electron chi connectivity index (χ2n) is 3.52. The summed E-state index contributed by atoms with van der Waals surface area (Å²) in [4.78, 5) is 11.3. The van der Waals surface area contributed by atoms with E-state index in [2.05, 4.69) is 15.9 Å². The third-order valence-electron chi connectivity index (χ3n) is 2.25. The Morgan fingerprint density at radius 2 is 2.06 bits per heavy atom. The molecule has 1 atom stereocenters. The first-order valence-corrected chi connectivity index (χ1v) is 6.09. The molecule has 1 aromatic carbocycles. The van der Waals surface area contributed by atoms with Crippen LogP contribution in [0.2, 0.25) is 0 Å². The Labute approximate surface area is 104 Å². The average Bonchev–Trinajstić information content (AvgIpc) is 2.28. The summed E-state index contributed by atoms with van der Waals surface area (Å²) in [6, 6.07) is 7.46. The monoisotopic (exact) mass is 285 g/mol. The van der Waals surface area contributed by atoms with Crippen molar-refractivity contribution in [2.24, 2.45) is 5.73 Å². The van der Waals surface area contributed by atoms with E-state index in [0.29, 0.717) is 13.0 Å². The first-order chi connectivity index (χ1) is 7.63. The molecular weight excluding hydrogens is 270 g/mol. The molecule has 2 N–H and O–H groups in total. The molecule has 0 unspecified atom stereocenters. The third-order valence-corrected chi connectivity index (χ3v) is 2.78. The third kappa shape index (κ3) is 4.33. The fraction of sp³-hybridized carbons (Fsp3) is 0.417. The summed E-state index contributed by atoms with van der Waals surface area (Å²) in [6.07, 6.45) is 1.40. The maximum Gasteiger partial charge on any atom is 0.322 e. The largest absolute Gasteiger partial charge is 0.465 e. The van der Waals surface area contributed by atoms with Crippen molar-refractivity contribution in [2.75, 3.05) is 6.61 Å². The fourth-order valence-electron chi connectivity index (χ4n) is 1.34. The van der Waals surface area contributed by atoms with Crippen LogP contribution in [0.5, 0.6) is 0 Å². The summed E-state index contributed by atoms with van der Waals surface area (Å²) < 4.78 is 5.89. The number of esters is 1. The number of ether oxygens (including phenoxy) is 1. The summed E-state index contributed by atoms with van der Waals surface area (Å²) in [5, 5.41) is 0. The summed E-state index contributed by atoms with van der Waals surface area (Å²) in [5.74, 6) is -0.320. The van der Waals surface area contributed by atoms with Crippen molar-refractivity contribution >= 4 is 21.9 Å². The Hall–Kier alpha value is -0.870. The van der Waals surface area contributed by atoms with Gasteiger partial charge in [-0.05, 0) is 37.5 Å². The Morgan fingerprint density at radius 3 is 2.62 bits per heavy atom. The highest BCUT2D eigenvalue weighted by Crippen LogP contribution is 2.12. The minimum Gasteiger partial charge on any atom is -0.465 e. The van der Waals surface area contributed by atoms with Crippen LogP contribution in [0.3, 0.4) is 0 Å². The van der Waals surface area contributed by atoms with E-state index in [0.717, 1.165) is 10.9 Å². The number of halogens is 1. The van der Waals surface area contributed by atoms with Crippen LogP contribution in [0.1, 0.15) is 18.9 Å². The van der Waals surface area contributed by atoms with E-state index >= 15 is 0 Å². The van der Waals surface area contributed by atoms with Crippen molar-refractivity contribution < 1.29 is 9.53 Å². The minimum atomic E-state index is -0.524. The number of hydrogen-bond acceptors (Lipinski definition) is 3. The second-order valence-corrected chi connectivity index (χ2v) is 4.44. The molecule has 0 fully saturated rings. The lowest BCUT2D eigenvalue weighted by molar-refractivity contribution is -0.144. The van der Waals surface area contributed by atoms with Crippen LogP contribution in [0.25, 0.3) is 0 Å². The molecule has 16 heavy (non-hydrogen) atoms. The highest BCUT2D eigenvalue weighted by Gasteiger charge is 2.13. The normalized spacial score (nSPS) is 12.2. The summed E-state index contributed by atoms with van der Waals surface area (Å²) >= 11 is 3.37. The summed E-state index contributed by atoms with van der Waals surface area (Å²) in [7, 11) is 0. The molecule has 0 aliphatic carbocycles. The number of carbonyl (C=O) groups excluding carboxylic acids is 1. The number of benzene rings is 1. The SMILES string of the molecule is CCOC(=O)[C@H](N)CCc1ccc(Br)cc1. The smallest absolute Gasteiger partial charge is 0.322 e. The number of rotatable bonds is 5. The summed E-state index contributed by atoms with van der Waals surface area (Å²) in [5.41, 5.74) is 6.87. The van der Waals surface area contributed by atoms with Gasteiger partial charge in [0.2, 0.25) is 0 Å². The Morgan fingerprint density at radius 1 is 1.44 bits per heavy atom. The van der Waals surface area contributed by atoms with Crippen LogP contribution in [0, 0.1) is 0 Å². The topological polar surface area (TPSA) is 52.3 Å². The van der Waals surface area contributed by atoms with Crippen LogP contribution in [-0.4, -0.2) is 18.6 Å². The molecule has 0 bridgehead atoms. The standard InChI is InChI=1S/C12H16BrNO2/c1-2-16-12(15)11(14)8-5-9-3-6-10(13)7-4-9/h3-4,6-7,11H,2,5,8,14H2,1H3/t11-/m1/s1. The van der Waals surface area contributed by atoms with Gasteiger partial charge in [-0.3, -0.25) is 4.79 Å². The van der Waals surface area contributed by atoms with Gasteiger partial charge in [0, 0.05) is 4.47 Å². The zero-order valence-electron chi connectivity index (χ0n) is 9.28. The van der Waals surface area contributed by atoms with Crippen LogP contribution in [0.4, 0.5) is 0 Å². The molecule has 0 aliphatic rings. The Bertz CT molecular complexity index is 337. The maximum atomic E-state index is 11.3. The second kappa shape index (κ2) is 6.66. The van der Waals surface area contributed by atoms with Crippen molar-refractivity contribution in [2.45, 2.75) is 25.8 Å². The molecule has 0 aromatic heterocycles. The predicted molar refractivity (Wildman–Crippen MR) is 67.1 cm³/mol. The quantitative estimate of drug-likeness (QED) is 0.845. The average molecular weight is 286 g/mol. The molecule has 1 rings (SSSR count). The number of nitrogens with two attached hydrogens (primary N) is 1. The van der Waals surface area contributed by atoms with E-state index < -0.39 is 6.04 Å². The highest BCUT2D eigenvalue weighted by atomic mass is 79.9. The van der Waals surface area contributed by atoms with E-state index in [1.807, 2.05) is 24.3 Å². The van der Waals surface area contributed by atoms with Crippen LogP contribution < -0.4 is 5.73 Å². The van der Waals surface area contributed by atoms with E-state index in [-0.39, 0.29) is 5.97 Å². The molecule has 0 saturated heterocycles. The van der Waals surface area contributed by atoms with Crippen LogP contribution in [0.15, 0.2) is 28.7 Å². The van der Waals surface area contributed by atoms with Gasteiger partial charge in [0.05, 0.1) is 6.61 Å². The Kier molecular flexibility index (Phi) is 5.49. The van der Waals surface area contributed by atoms with E-state index in [4.69, 9.17) is 10.5 Å².